The molecule has 3 heteroatoms. The normalized spacial score (nSPS) is 12.5. The number of halogens is 1. The maximum atomic E-state index is 14.1. The first-order valence-electron chi connectivity index (χ1n) is 7.19. The van der Waals surface area contributed by atoms with Gasteiger partial charge in [0, 0.05) is 6.04 Å². The maximum absolute atomic E-state index is 14.1. The van der Waals surface area contributed by atoms with Crippen molar-refractivity contribution in [2.24, 2.45) is 5.73 Å². The zero-order chi connectivity index (χ0) is 15.4. The predicted octanol–water partition coefficient (Wildman–Crippen LogP) is 4.20. The molecule has 0 bridgehead atoms. The Balaban J connectivity index is 2.16. The lowest BCUT2D eigenvalue weighted by Crippen LogP contribution is -2.14. The van der Waals surface area contributed by atoms with E-state index in [0.717, 1.165) is 5.56 Å². The van der Waals surface area contributed by atoms with Crippen LogP contribution in [0, 0.1) is 5.82 Å². The van der Waals surface area contributed by atoms with Gasteiger partial charge < -0.3 is 10.5 Å². The minimum Gasteiger partial charge on any atom is -0.494 e. The van der Waals surface area contributed by atoms with Crippen molar-refractivity contribution in [3.63, 3.8) is 0 Å². The lowest BCUT2D eigenvalue weighted by atomic mass is 9.96. The highest BCUT2D eigenvalue weighted by atomic mass is 19.1. The molecule has 2 aromatic carbocycles. The summed E-state index contributed by atoms with van der Waals surface area (Å²) in [4.78, 5) is 0. The van der Waals surface area contributed by atoms with E-state index in [9.17, 15) is 4.39 Å². The van der Waals surface area contributed by atoms with Crippen LogP contribution in [0.1, 0.15) is 42.5 Å². The number of hydrogen-bond donors (Lipinski definition) is 1. The molecular formula is C18H22FNO. The Labute approximate surface area is 125 Å². The number of ether oxygens (including phenoxy) is 1. The standard InChI is InChI=1S/C18H22FNO/c1-12(2)13-7-9-14(10-8-13)16(20)11-15-5-4-6-17(21-3)18(15)19/h4-10,12,16H,11,20H2,1-3H3. The molecule has 0 fully saturated rings. The Bertz CT molecular complexity index is 593. The van der Waals surface area contributed by atoms with Crippen molar-refractivity contribution in [1.29, 1.82) is 0 Å². The fraction of sp³-hybridized carbons (Fsp3) is 0.333. The number of hydrogen-bond acceptors (Lipinski definition) is 2. The molecule has 0 saturated heterocycles. The molecular weight excluding hydrogens is 265 g/mol. The summed E-state index contributed by atoms with van der Waals surface area (Å²) in [6.45, 7) is 4.31. The van der Waals surface area contributed by atoms with Crippen LogP contribution in [0.3, 0.4) is 0 Å². The van der Waals surface area contributed by atoms with Crippen molar-refractivity contribution in [1.82, 2.24) is 0 Å². The molecule has 1 atom stereocenters. The zero-order valence-corrected chi connectivity index (χ0v) is 12.8. The third-order valence-corrected chi connectivity index (χ3v) is 3.73. The first-order valence-corrected chi connectivity index (χ1v) is 7.19. The van der Waals surface area contributed by atoms with Crippen LogP contribution in [0.15, 0.2) is 42.5 Å². The van der Waals surface area contributed by atoms with Crippen molar-refractivity contribution < 1.29 is 9.13 Å². The van der Waals surface area contributed by atoms with E-state index in [1.54, 1.807) is 18.2 Å². The highest BCUT2D eigenvalue weighted by Gasteiger charge is 2.13. The second-order valence-electron chi connectivity index (χ2n) is 5.57. The van der Waals surface area contributed by atoms with Crippen LogP contribution < -0.4 is 10.5 Å². The van der Waals surface area contributed by atoms with Gasteiger partial charge >= 0.3 is 0 Å². The van der Waals surface area contributed by atoms with E-state index in [0.29, 0.717) is 17.9 Å². The van der Waals surface area contributed by atoms with E-state index in [1.165, 1.54) is 12.7 Å². The molecule has 2 nitrogen and oxygen atoms in total. The van der Waals surface area contributed by atoms with Crippen LogP contribution in [-0.4, -0.2) is 7.11 Å². The largest absolute Gasteiger partial charge is 0.494 e. The fourth-order valence-electron chi connectivity index (χ4n) is 2.35. The molecule has 1 unspecified atom stereocenters. The Morgan fingerprint density at radius 3 is 2.24 bits per heavy atom. The summed E-state index contributed by atoms with van der Waals surface area (Å²) in [6.07, 6.45) is 0.448. The summed E-state index contributed by atoms with van der Waals surface area (Å²) < 4.78 is 19.1. The molecule has 0 aliphatic rings. The fourth-order valence-corrected chi connectivity index (χ4v) is 2.35. The van der Waals surface area contributed by atoms with E-state index in [4.69, 9.17) is 10.5 Å². The van der Waals surface area contributed by atoms with Crippen LogP contribution in [0.2, 0.25) is 0 Å². The first kappa shape index (κ1) is 15.5. The average molecular weight is 287 g/mol. The summed E-state index contributed by atoms with van der Waals surface area (Å²) in [5.41, 5.74) is 9.08. The molecule has 112 valence electrons. The van der Waals surface area contributed by atoms with Gasteiger partial charge in [-0.25, -0.2) is 4.39 Å². The van der Waals surface area contributed by atoms with E-state index >= 15 is 0 Å². The van der Waals surface area contributed by atoms with Crippen LogP contribution in [0.4, 0.5) is 4.39 Å². The van der Waals surface area contributed by atoms with Crippen molar-refractivity contribution in [2.45, 2.75) is 32.2 Å². The number of methoxy groups -OCH3 is 1. The molecule has 21 heavy (non-hydrogen) atoms. The summed E-state index contributed by atoms with van der Waals surface area (Å²) in [7, 11) is 1.47. The smallest absolute Gasteiger partial charge is 0.168 e. The lowest BCUT2D eigenvalue weighted by molar-refractivity contribution is 0.383. The van der Waals surface area contributed by atoms with Gasteiger partial charge in [-0.05, 0) is 35.1 Å². The van der Waals surface area contributed by atoms with E-state index in [-0.39, 0.29) is 17.6 Å². The molecule has 2 aromatic rings. The molecule has 0 aliphatic carbocycles. The second kappa shape index (κ2) is 6.72. The van der Waals surface area contributed by atoms with Gasteiger partial charge in [-0.3, -0.25) is 0 Å². The van der Waals surface area contributed by atoms with Crippen LogP contribution in [0.5, 0.6) is 5.75 Å². The molecule has 2 N–H and O–H groups in total. The van der Waals surface area contributed by atoms with Gasteiger partial charge in [0.25, 0.3) is 0 Å². The van der Waals surface area contributed by atoms with Gasteiger partial charge in [0.2, 0.25) is 0 Å². The van der Waals surface area contributed by atoms with Crippen molar-refractivity contribution in [3.8, 4) is 5.75 Å². The minimum absolute atomic E-state index is 0.229. The van der Waals surface area contributed by atoms with Crippen molar-refractivity contribution >= 4 is 0 Å². The van der Waals surface area contributed by atoms with Gasteiger partial charge in [-0.1, -0.05) is 50.2 Å². The SMILES string of the molecule is COc1cccc(CC(N)c2ccc(C(C)C)cc2)c1F. The molecule has 0 radical (unpaired) electrons. The van der Waals surface area contributed by atoms with Crippen molar-refractivity contribution in [2.75, 3.05) is 7.11 Å². The Morgan fingerprint density at radius 1 is 1.05 bits per heavy atom. The maximum Gasteiger partial charge on any atom is 0.168 e. The third-order valence-electron chi connectivity index (χ3n) is 3.73. The first-order chi connectivity index (χ1) is 10.0. The topological polar surface area (TPSA) is 35.2 Å². The van der Waals surface area contributed by atoms with Gasteiger partial charge in [-0.15, -0.1) is 0 Å². The summed E-state index contributed by atoms with van der Waals surface area (Å²) in [5, 5.41) is 0. The molecule has 2 rings (SSSR count). The highest BCUT2D eigenvalue weighted by molar-refractivity contribution is 5.33. The quantitative estimate of drug-likeness (QED) is 0.894. The predicted molar refractivity (Wildman–Crippen MR) is 84.1 cm³/mol. The van der Waals surface area contributed by atoms with Gasteiger partial charge in [0.05, 0.1) is 7.11 Å². The zero-order valence-electron chi connectivity index (χ0n) is 12.8. The van der Waals surface area contributed by atoms with Crippen LogP contribution in [0.25, 0.3) is 0 Å². The van der Waals surface area contributed by atoms with Gasteiger partial charge in [-0.2, -0.15) is 0 Å². The summed E-state index contributed by atoms with van der Waals surface area (Å²) in [5.74, 6) is 0.426. The summed E-state index contributed by atoms with van der Waals surface area (Å²) >= 11 is 0. The monoisotopic (exact) mass is 287 g/mol. The van der Waals surface area contributed by atoms with Crippen molar-refractivity contribution in [3.05, 3.63) is 65.0 Å². The Kier molecular flexibility index (Phi) is 4.97. The van der Waals surface area contributed by atoms with Gasteiger partial charge in [0.15, 0.2) is 11.6 Å². The molecule has 0 amide bonds. The third kappa shape index (κ3) is 3.61. The van der Waals surface area contributed by atoms with E-state index in [1.807, 2.05) is 12.1 Å². The highest BCUT2D eigenvalue weighted by Crippen LogP contribution is 2.25. The lowest BCUT2D eigenvalue weighted by Gasteiger charge is -2.15. The minimum atomic E-state index is -0.325. The number of nitrogens with two attached hydrogens (primary N) is 1. The van der Waals surface area contributed by atoms with Gasteiger partial charge in [0.1, 0.15) is 0 Å². The molecule has 0 saturated carbocycles. The van der Waals surface area contributed by atoms with E-state index < -0.39 is 0 Å². The number of rotatable bonds is 5. The second-order valence-corrected chi connectivity index (χ2v) is 5.57. The molecule has 0 aromatic heterocycles. The molecule has 0 spiro atoms. The number of benzene rings is 2. The van der Waals surface area contributed by atoms with E-state index in [2.05, 4.69) is 26.0 Å². The van der Waals surface area contributed by atoms with Crippen LogP contribution in [-0.2, 0) is 6.42 Å². The Hall–Kier alpha value is -1.87. The Morgan fingerprint density at radius 2 is 1.67 bits per heavy atom. The van der Waals surface area contributed by atoms with Crippen LogP contribution >= 0.6 is 0 Å². The molecule has 0 heterocycles. The molecule has 0 aliphatic heterocycles. The summed E-state index contributed by atoms with van der Waals surface area (Å²) in [6, 6.07) is 13.1. The average Bonchev–Trinajstić information content (AvgIpc) is 2.49.